The number of aryl methyl sites for hydroxylation is 2. The summed E-state index contributed by atoms with van der Waals surface area (Å²) in [6, 6.07) is 0. The molecule has 1 aliphatic carbocycles. The molecule has 1 aromatic rings. The Balaban J connectivity index is 0.00000280. The Morgan fingerprint density at radius 3 is 2.79 bits per heavy atom. The summed E-state index contributed by atoms with van der Waals surface area (Å²) in [4.78, 5) is 16.6. The number of hydrogen-bond donors (Lipinski definition) is 2. The van der Waals surface area contributed by atoms with Gasteiger partial charge in [0.05, 0.1) is 0 Å². The first-order valence-corrected chi connectivity index (χ1v) is 10.8. The van der Waals surface area contributed by atoms with Crippen LogP contribution in [0.15, 0.2) is 9.79 Å². The number of aromatic nitrogens is 3. The van der Waals surface area contributed by atoms with Gasteiger partial charge in [-0.25, -0.2) is 9.48 Å². The number of nitrogens with zero attached hydrogens (tertiary/aromatic N) is 4. The van der Waals surface area contributed by atoms with E-state index in [0.29, 0.717) is 6.54 Å². The summed E-state index contributed by atoms with van der Waals surface area (Å²) >= 11 is 0. The van der Waals surface area contributed by atoms with Crippen LogP contribution >= 0.6 is 24.0 Å². The standard InChI is InChI=1S/C20H36N6O.HI/c1-16-7-5-8-17(15-16)10-12-23-19(21-2)22-11-6-14-26-20(27)25-13-4-3-9-18(25)24-26;/h16-17H,3-15H2,1-2H3,(H2,21,22,23);1H. The van der Waals surface area contributed by atoms with Gasteiger partial charge in [-0.1, -0.05) is 26.2 Å². The predicted molar refractivity (Wildman–Crippen MR) is 125 cm³/mol. The molecule has 2 aliphatic rings. The quantitative estimate of drug-likeness (QED) is 0.259. The van der Waals surface area contributed by atoms with Crippen LogP contribution in [0, 0.1) is 11.8 Å². The summed E-state index contributed by atoms with van der Waals surface area (Å²) < 4.78 is 3.46. The molecule has 8 heteroatoms. The fourth-order valence-electron chi connectivity index (χ4n) is 4.47. The van der Waals surface area contributed by atoms with Crippen molar-refractivity contribution < 1.29 is 0 Å². The molecule has 2 heterocycles. The van der Waals surface area contributed by atoms with Crippen molar-refractivity contribution in [1.82, 2.24) is 25.0 Å². The zero-order valence-corrected chi connectivity index (χ0v) is 19.8. The van der Waals surface area contributed by atoms with E-state index < -0.39 is 0 Å². The van der Waals surface area contributed by atoms with E-state index in [1.807, 2.05) is 11.6 Å². The average molecular weight is 504 g/mol. The molecule has 7 nitrogen and oxygen atoms in total. The second-order valence-electron chi connectivity index (χ2n) is 8.24. The van der Waals surface area contributed by atoms with Gasteiger partial charge >= 0.3 is 5.69 Å². The van der Waals surface area contributed by atoms with E-state index in [2.05, 4.69) is 27.6 Å². The molecular formula is C20H37IN6O. The molecule has 160 valence electrons. The number of aliphatic imine (C=N–C) groups is 1. The van der Waals surface area contributed by atoms with Gasteiger partial charge in [0.25, 0.3) is 0 Å². The highest BCUT2D eigenvalue weighted by atomic mass is 127. The van der Waals surface area contributed by atoms with Crippen LogP contribution in [0.5, 0.6) is 0 Å². The lowest BCUT2D eigenvalue weighted by atomic mass is 9.81. The van der Waals surface area contributed by atoms with Crippen molar-refractivity contribution in [1.29, 1.82) is 0 Å². The normalized spacial score (nSPS) is 22.3. The van der Waals surface area contributed by atoms with Gasteiger partial charge in [-0.05, 0) is 43.9 Å². The maximum absolute atomic E-state index is 12.3. The first-order valence-electron chi connectivity index (χ1n) is 10.8. The fraction of sp³-hybridized carbons (Fsp3) is 0.850. The molecule has 3 rings (SSSR count). The highest BCUT2D eigenvalue weighted by Gasteiger charge is 2.18. The third-order valence-electron chi connectivity index (χ3n) is 5.98. The van der Waals surface area contributed by atoms with Crippen LogP contribution in [0.2, 0.25) is 0 Å². The van der Waals surface area contributed by atoms with Crippen molar-refractivity contribution in [3.05, 3.63) is 16.3 Å². The Morgan fingerprint density at radius 1 is 1.21 bits per heavy atom. The Kier molecular flexibility index (Phi) is 9.81. The second-order valence-corrected chi connectivity index (χ2v) is 8.24. The lowest BCUT2D eigenvalue weighted by molar-refractivity contribution is 0.270. The third kappa shape index (κ3) is 6.49. The molecule has 0 radical (unpaired) electrons. The van der Waals surface area contributed by atoms with Crippen LogP contribution in [0.3, 0.4) is 0 Å². The molecule has 0 aromatic carbocycles. The average Bonchev–Trinajstić information content (AvgIpc) is 3.00. The smallest absolute Gasteiger partial charge is 0.345 e. The van der Waals surface area contributed by atoms with Gasteiger partial charge in [0.1, 0.15) is 5.82 Å². The molecular weight excluding hydrogens is 467 g/mol. The van der Waals surface area contributed by atoms with E-state index >= 15 is 0 Å². The van der Waals surface area contributed by atoms with Crippen LogP contribution in [0.1, 0.15) is 64.1 Å². The van der Waals surface area contributed by atoms with Crippen LogP contribution in [-0.4, -0.2) is 40.4 Å². The van der Waals surface area contributed by atoms with E-state index in [4.69, 9.17) is 0 Å². The molecule has 0 amide bonds. The van der Waals surface area contributed by atoms with Gasteiger partial charge in [0.2, 0.25) is 0 Å². The van der Waals surface area contributed by atoms with Crippen molar-refractivity contribution in [3.8, 4) is 0 Å². The molecule has 0 bridgehead atoms. The second kappa shape index (κ2) is 11.8. The molecule has 0 saturated heterocycles. The maximum atomic E-state index is 12.3. The summed E-state index contributed by atoms with van der Waals surface area (Å²) in [5, 5.41) is 11.3. The van der Waals surface area contributed by atoms with Gasteiger partial charge in [0.15, 0.2) is 5.96 Å². The van der Waals surface area contributed by atoms with E-state index in [9.17, 15) is 4.79 Å². The molecule has 1 fully saturated rings. The fourth-order valence-corrected chi connectivity index (χ4v) is 4.47. The predicted octanol–water partition coefficient (Wildman–Crippen LogP) is 2.77. The highest BCUT2D eigenvalue weighted by molar-refractivity contribution is 14.0. The molecule has 2 atom stereocenters. The van der Waals surface area contributed by atoms with Gasteiger partial charge < -0.3 is 10.6 Å². The van der Waals surface area contributed by atoms with Crippen LogP contribution in [-0.2, 0) is 19.5 Å². The van der Waals surface area contributed by atoms with E-state index in [-0.39, 0.29) is 29.7 Å². The van der Waals surface area contributed by atoms with Gasteiger partial charge in [-0.3, -0.25) is 9.56 Å². The molecule has 1 aliphatic heterocycles. The summed E-state index contributed by atoms with van der Waals surface area (Å²) in [5.74, 6) is 3.56. The Bertz CT molecular complexity index is 683. The van der Waals surface area contributed by atoms with Gasteiger partial charge in [-0.15, -0.1) is 24.0 Å². The first-order chi connectivity index (χ1) is 13.2. The monoisotopic (exact) mass is 504 g/mol. The van der Waals surface area contributed by atoms with E-state index in [1.165, 1.54) is 32.1 Å². The number of rotatable bonds is 7. The van der Waals surface area contributed by atoms with E-state index in [1.54, 1.807) is 4.68 Å². The Hall–Kier alpha value is -1.06. The summed E-state index contributed by atoms with van der Waals surface area (Å²) in [6.07, 6.45) is 10.8. The zero-order valence-electron chi connectivity index (χ0n) is 17.5. The summed E-state index contributed by atoms with van der Waals surface area (Å²) in [5.41, 5.74) is 0.0499. The first kappa shape index (κ1) is 23.2. The van der Waals surface area contributed by atoms with Crippen molar-refractivity contribution in [3.63, 3.8) is 0 Å². The van der Waals surface area contributed by atoms with Crippen molar-refractivity contribution >= 4 is 29.9 Å². The number of hydrogen-bond acceptors (Lipinski definition) is 3. The summed E-state index contributed by atoms with van der Waals surface area (Å²) in [6.45, 7) is 5.62. The largest absolute Gasteiger partial charge is 0.356 e. The third-order valence-corrected chi connectivity index (χ3v) is 5.98. The van der Waals surface area contributed by atoms with Crippen LogP contribution in [0.25, 0.3) is 0 Å². The van der Waals surface area contributed by atoms with Crippen LogP contribution < -0.4 is 16.3 Å². The number of fused-ring (bicyclic) bond motifs is 1. The minimum Gasteiger partial charge on any atom is -0.356 e. The number of guanidine groups is 1. The molecule has 1 aromatic heterocycles. The minimum atomic E-state index is 0. The van der Waals surface area contributed by atoms with E-state index in [0.717, 1.165) is 68.9 Å². The lowest BCUT2D eigenvalue weighted by Crippen LogP contribution is -2.39. The molecule has 28 heavy (non-hydrogen) atoms. The minimum absolute atomic E-state index is 0. The van der Waals surface area contributed by atoms with Crippen LogP contribution in [0.4, 0.5) is 0 Å². The molecule has 2 unspecified atom stereocenters. The maximum Gasteiger partial charge on any atom is 0.345 e. The Labute approximate surface area is 185 Å². The zero-order chi connectivity index (χ0) is 19.1. The number of nitrogens with one attached hydrogen (secondary N) is 2. The SMILES string of the molecule is CN=C(NCCCn1nc2n(c1=O)CCCC2)NCCC1CCCC(C)C1.I. The van der Waals surface area contributed by atoms with Crippen molar-refractivity contribution in [2.24, 2.45) is 16.8 Å². The van der Waals surface area contributed by atoms with Crippen molar-refractivity contribution in [2.45, 2.75) is 77.8 Å². The molecule has 1 saturated carbocycles. The van der Waals surface area contributed by atoms with Crippen molar-refractivity contribution in [2.75, 3.05) is 20.1 Å². The lowest BCUT2D eigenvalue weighted by Gasteiger charge is -2.26. The number of halogens is 1. The topological polar surface area (TPSA) is 76.2 Å². The van der Waals surface area contributed by atoms with Gasteiger partial charge in [-0.2, -0.15) is 5.10 Å². The highest BCUT2D eigenvalue weighted by Crippen LogP contribution is 2.30. The summed E-state index contributed by atoms with van der Waals surface area (Å²) in [7, 11) is 1.81. The molecule has 0 spiro atoms. The molecule has 2 N–H and O–H groups in total. The Morgan fingerprint density at radius 2 is 2.04 bits per heavy atom. The van der Waals surface area contributed by atoms with Gasteiger partial charge in [0, 0.05) is 39.6 Å².